The molecule has 21 heavy (non-hydrogen) atoms. The zero-order chi connectivity index (χ0) is 15.4. The molecule has 1 saturated heterocycles. The number of hydrogen-bond donors (Lipinski definition) is 1. The van der Waals surface area contributed by atoms with E-state index in [2.05, 4.69) is 10.2 Å². The van der Waals surface area contributed by atoms with E-state index in [1.807, 2.05) is 13.8 Å². The maximum absolute atomic E-state index is 13.2. The van der Waals surface area contributed by atoms with Gasteiger partial charge in [-0.1, -0.05) is 19.9 Å². The Labute approximate surface area is 124 Å². The molecule has 1 heterocycles. The summed E-state index contributed by atoms with van der Waals surface area (Å²) < 4.78 is 26.1. The van der Waals surface area contributed by atoms with Crippen molar-refractivity contribution >= 4 is 5.91 Å². The Morgan fingerprint density at radius 3 is 2.81 bits per heavy atom. The lowest BCUT2D eigenvalue weighted by Gasteiger charge is -2.33. The summed E-state index contributed by atoms with van der Waals surface area (Å²) in [6, 6.07) is 4.14. The molecule has 1 amide bonds. The minimum atomic E-state index is -0.820. The summed E-state index contributed by atoms with van der Waals surface area (Å²) in [5.41, 5.74) is 0.754. The van der Waals surface area contributed by atoms with Gasteiger partial charge in [-0.05, 0) is 37.1 Å². The summed E-state index contributed by atoms with van der Waals surface area (Å²) in [6.45, 7) is 5.98. The number of benzene rings is 1. The average molecular weight is 296 g/mol. The second-order valence-corrected chi connectivity index (χ2v) is 5.99. The molecule has 1 aliphatic rings. The van der Waals surface area contributed by atoms with Crippen LogP contribution < -0.4 is 5.32 Å². The van der Waals surface area contributed by atoms with Gasteiger partial charge < -0.3 is 5.32 Å². The first kappa shape index (κ1) is 15.9. The molecule has 1 aromatic rings. The molecule has 1 N–H and O–H groups in total. The standard InChI is InChI=1S/C16H22F2N2O/c1-11(2)16(21)19-13-4-3-7-20(10-13)9-12-5-6-14(17)15(18)8-12/h5-6,8,11,13H,3-4,7,9-10H2,1-2H3,(H,19,21). The van der Waals surface area contributed by atoms with Crippen molar-refractivity contribution in [3.8, 4) is 0 Å². The molecule has 2 rings (SSSR count). The molecule has 0 spiro atoms. The van der Waals surface area contributed by atoms with Crippen LogP contribution in [-0.4, -0.2) is 29.9 Å². The summed E-state index contributed by atoms with van der Waals surface area (Å²) in [5.74, 6) is -1.59. The summed E-state index contributed by atoms with van der Waals surface area (Å²) in [6.07, 6.45) is 1.96. The average Bonchev–Trinajstić information content (AvgIpc) is 2.43. The number of rotatable bonds is 4. The van der Waals surface area contributed by atoms with Gasteiger partial charge in [-0.2, -0.15) is 0 Å². The second-order valence-electron chi connectivity index (χ2n) is 5.99. The highest BCUT2D eigenvalue weighted by molar-refractivity contribution is 5.78. The quantitative estimate of drug-likeness (QED) is 0.926. The van der Waals surface area contributed by atoms with Crippen LogP contribution in [0.1, 0.15) is 32.3 Å². The number of hydrogen-bond acceptors (Lipinski definition) is 2. The van der Waals surface area contributed by atoms with Crippen LogP contribution >= 0.6 is 0 Å². The van der Waals surface area contributed by atoms with E-state index in [-0.39, 0.29) is 17.9 Å². The second kappa shape index (κ2) is 6.98. The van der Waals surface area contributed by atoms with Crippen molar-refractivity contribution in [3.05, 3.63) is 35.4 Å². The number of likely N-dealkylation sites (tertiary alicyclic amines) is 1. The fourth-order valence-electron chi connectivity index (χ4n) is 2.58. The molecule has 1 aromatic carbocycles. The zero-order valence-electron chi connectivity index (χ0n) is 12.5. The lowest BCUT2D eigenvalue weighted by Crippen LogP contribution is -2.48. The molecular weight excluding hydrogens is 274 g/mol. The van der Waals surface area contributed by atoms with Gasteiger partial charge in [0, 0.05) is 25.0 Å². The van der Waals surface area contributed by atoms with Crippen molar-refractivity contribution in [2.24, 2.45) is 5.92 Å². The smallest absolute Gasteiger partial charge is 0.222 e. The maximum atomic E-state index is 13.2. The Balaban J connectivity index is 1.91. The van der Waals surface area contributed by atoms with E-state index < -0.39 is 11.6 Å². The minimum absolute atomic E-state index is 0.0217. The normalized spacial score (nSPS) is 19.8. The van der Waals surface area contributed by atoms with Crippen LogP contribution in [-0.2, 0) is 11.3 Å². The fraction of sp³-hybridized carbons (Fsp3) is 0.562. The van der Waals surface area contributed by atoms with Crippen molar-refractivity contribution in [3.63, 3.8) is 0 Å². The monoisotopic (exact) mass is 296 g/mol. The summed E-state index contributed by atoms with van der Waals surface area (Å²) in [4.78, 5) is 13.9. The van der Waals surface area contributed by atoms with Crippen molar-refractivity contribution in [2.45, 2.75) is 39.3 Å². The predicted octanol–water partition coefficient (Wildman–Crippen LogP) is 2.70. The van der Waals surface area contributed by atoms with Crippen LogP contribution in [0.2, 0.25) is 0 Å². The maximum Gasteiger partial charge on any atom is 0.222 e. The van der Waals surface area contributed by atoms with Crippen LogP contribution in [0, 0.1) is 17.6 Å². The van der Waals surface area contributed by atoms with Crippen molar-refractivity contribution in [1.82, 2.24) is 10.2 Å². The van der Waals surface area contributed by atoms with Gasteiger partial charge in [-0.15, -0.1) is 0 Å². The van der Waals surface area contributed by atoms with Gasteiger partial charge in [0.1, 0.15) is 0 Å². The molecule has 1 atom stereocenters. The van der Waals surface area contributed by atoms with E-state index in [9.17, 15) is 13.6 Å². The number of halogens is 2. The molecule has 116 valence electrons. The summed E-state index contributed by atoms with van der Waals surface area (Å²) >= 11 is 0. The van der Waals surface area contributed by atoms with Crippen LogP contribution in [0.4, 0.5) is 8.78 Å². The van der Waals surface area contributed by atoms with Crippen LogP contribution in [0.3, 0.4) is 0 Å². The molecule has 0 aliphatic carbocycles. The van der Waals surface area contributed by atoms with Crippen molar-refractivity contribution < 1.29 is 13.6 Å². The first-order valence-electron chi connectivity index (χ1n) is 7.42. The molecule has 1 aliphatic heterocycles. The van der Waals surface area contributed by atoms with Gasteiger partial charge >= 0.3 is 0 Å². The minimum Gasteiger partial charge on any atom is -0.352 e. The first-order chi connectivity index (χ1) is 9.95. The van der Waals surface area contributed by atoms with Gasteiger partial charge in [-0.3, -0.25) is 9.69 Å². The highest BCUT2D eigenvalue weighted by atomic mass is 19.2. The summed E-state index contributed by atoms with van der Waals surface area (Å²) in [5, 5.41) is 3.04. The van der Waals surface area contributed by atoms with Crippen LogP contribution in [0.15, 0.2) is 18.2 Å². The number of nitrogens with one attached hydrogen (secondary N) is 1. The highest BCUT2D eigenvalue weighted by Gasteiger charge is 2.22. The van der Waals surface area contributed by atoms with E-state index in [1.165, 1.54) is 6.07 Å². The van der Waals surface area contributed by atoms with Crippen molar-refractivity contribution in [1.29, 1.82) is 0 Å². The zero-order valence-corrected chi connectivity index (χ0v) is 12.5. The molecule has 1 fully saturated rings. The number of carbonyl (C=O) groups excluding carboxylic acids is 1. The fourth-order valence-corrected chi connectivity index (χ4v) is 2.58. The Morgan fingerprint density at radius 2 is 2.14 bits per heavy atom. The third kappa shape index (κ3) is 4.49. The molecule has 0 aromatic heterocycles. The van der Waals surface area contributed by atoms with E-state index in [1.54, 1.807) is 6.07 Å². The third-order valence-electron chi connectivity index (χ3n) is 3.77. The molecular formula is C16H22F2N2O. The first-order valence-corrected chi connectivity index (χ1v) is 7.42. The molecule has 5 heteroatoms. The lowest BCUT2D eigenvalue weighted by atomic mass is 10.0. The van der Waals surface area contributed by atoms with Gasteiger partial charge in [0.05, 0.1) is 0 Å². The molecule has 0 radical (unpaired) electrons. The number of carbonyl (C=O) groups is 1. The van der Waals surface area contributed by atoms with E-state index in [0.717, 1.165) is 37.6 Å². The third-order valence-corrected chi connectivity index (χ3v) is 3.77. The molecule has 3 nitrogen and oxygen atoms in total. The number of amides is 1. The number of piperidine rings is 1. The predicted molar refractivity (Wildman–Crippen MR) is 77.6 cm³/mol. The Morgan fingerprint density at radius 1 is 1.38 bits per heavy atom. The largest absolute Gasteiger partial charge is 0.352 e. The van der Waals surface area contributed by atoms with E-state index in [0.29, 0.717) is 6.54 Å². The molecule has 0 bridgehead atoms. The van der Waals surface area contributed by atoms with E-state index in [4.69, 9.17) is 0 Å². The SMILES string of the molecule is CC(C)C(=O)NC1CCCN(Cc2ccc(F)c(F)c2)C1. The number of nitrogens with zero attached hydrogens (tertiary/aromatic N) is 1. The van der Waals surface area contributed by atoms with Crippen molar-refractivity contribution in [2.75, 3.05) is 13.1 Å². The Kier molecular flexibility index (Phi) is 5.28. The Bertz CT molecular complexity index is 505. The van der Waals surface area contributed by atoms with Gasteiger partial charge in [0.2, 0.25) is 5.91 Å². The van der Waals surface area contributed by atoms with Crippen LogP contribution in [0.5, 0.6) is 0 Å². The van der Waals surface area contributed by atoms with Gasteiger partial charge in [-0.25, -0.2) is 8.78 Å². The molecule has 0 saturated carbocycles. The van der Waals surface area contributed by atoms with Gasteiger partial charge in [0.25, 0.3) is 0 Å². The lowest BCUT2D eigenvalue weighted by molar-refractivity contribution is -0.125. The topological polar surface area (TPSA) is 32.3 Å². The van der Waals surface area contributed by atoms with E-state index >= 15 is 0 Å². The van der Waals surface area contributed by atoms with Crippen LogP contribution in [0.25, 0.3) is 0 Å². The molecule has 1 unspecified atom stereocenters. The Hall–Kier alpha value is -1.49. The highest BCUT2D eigenvalue weighted by Crippen LogP contribution is 2.16. The van der Waals surface area contributed by atoms with Gasteiger partial charge in [0.15, 0.2) is 11.6 Å². The summed E-state index contributed by atoms with van der Waals surface area (Å²) in [7, 11) is 0.